The average molecular weight is 253 g/mol. The van der Waals surface area contributed by atoms with Gasteiger partial charge >= 0.3 is 0 Å². The molecule has 7 nitrogen and oxygen atoms in total. The number of hydrogen-bond donors (Lipinski definition) is 2. The molecule has 3 N–H and O–H groups in total. The zero-order chi connectivity index (χ0) is 13.5. The third-order valence-electron chi connectivity index (χ3n) is 2.21. The van der Waals surface area contributed by atoms with E-state index >= 15 is 0 Å². The maximum absolute atomic E-state index is 10.6. The van der Waals surface area contributed by atoms with Crippen molar-refractivity contribution in [3.63, 3.8) is 0 Å². The number of hydrogen-bond acceptors (Lipinski definition) is 5. The highest BCUT2D eigenvalue weighted by Crippen LogP contribution is 2.31. The van der Waals surface area contributed by atoms with Crippen molar-refractivity contribution in [2.24, 2.45) is 5.73 Å². The highest BCUT2D eigenvalue weighted by molar-refractivity contribution is 5.76. The summed E-state index contributed by atoms with van der Waals surface area (Å²) < 4.78 is 10.4. The zero-order valence-corrected chi connectivity index (χ0v) is 10.0. The SMILES string of the molecule is COc1cc([N+](=O)[O-])ccc1OCCCC(=N)N. The van der Waals surface area contributed by atoms with E-state index in [-0.39, 0.29) is 11.5 Å². The Morgan fingerprint density at radius 2 is 2.22 bits per heavy atom. The predicted octanol–water partition coefficient (Wildman–Crippen LogP) is 1.70. The Kier molecular flexibility index (Phi) is 4.91. The molecule has 0 saturated heterocycles. The van der Waals surface area contributed by atoms with Gasteiger partial charge in [-0.15, -0.1) is 0 Å². The molecular formula is C11H15N3O4. The first-order valence-electron chi connectivity index (χ1n) is 5.32. The molecular weight excluding hydrogens is 238 g/mol. The van der Waals surface area contributed by atoms with Crippen molar-refractivity contribution < 1.29 is 14.4 Å². The van der Waals surface area contributed by atoms with Crippen molar-refractivity contribution in [2.75, 3.05) is 13.7 Å². The first kappa shape index (κ1) is 13.8. The molecule has 0 amide bonds. The fourth-order valence-corrected chi connectivity index (χ4v) is 1.33. The van der Waals surface area contributed by atoms with Crippen LogP contribution in [0.25, 0.3) is 0 Å². The lowest BCUT2D eigenvalue weighted by atomic mass is 10.2. The van der Waals surface area contributed by atoms with Crippen LogP contribution in [0.2, 0.25) is 0 Å². The van der Waals surface area contributed by atoms with Crippen molar-refractivity contribution in [3.8, 4) is 11.5 Å². The minimum absolute atomic E-state index is 0.0528. The molecule has 0 aromatic heterocycles. The van der Waals surface area contributed by atoms with E-state index in [1.54, 1.807) is 0 Å². The predicted molar refractivity (Wildman–Crippen MR) is 66.3 cm³/mol. The molecule has 0 radical (unpaired) electrons. The molecule has 1 rings (SSSR count). The van der Waals surface area contributed by atoms with E-state index in [4.69, 9.17) is 20.6 Å². The molecule has 1 aromatic carbocycles. The van der Waals surface area contributed by atoms with E-state index in [0.717, 1.165) is 0 Å². The minimum atomic E-state index is -0.498. The first-order chi connectivity index (χ1) is 8.54. The molecule has 0 aliphatic rings. The molecule has 0 bridgehead atoms. The average Bonchev–Trinajstić information content (AvgIpc) is 2.34. The Morgan fingerprint density at radius 3 is 2.78 bits per heavy atom. The summed E-state index contributed by atoms with van der Waals surface area (Å²) >= 11 is 0. The number of nitro benzene ring substituents is 1. The molecule has 0 unspecified atom stereocenters. The highest BCUT2D eigenvalue weighted by Gasteiger charge is 2.12. The maximum atomic E-state index is 10.6. The maximum Gasteiger partial charge on any atom is 0.273 e. The van der Waals surface area contributed by atoms with E-state index < -0.39 is 4.92 Å². The van der Waals surface area contributed by atoms with Crippen LogP contribution in [0.5, 0.6) is 11.5 Å². The number of methoxy groups -OCH3 is 1. The molecule has 1 aromatic rings. The number of nitrogens with zero attached hydrogens (tertiary/aromatic N) is 1. The number of nitro groups is 1. The van der Waals surface area contributed by atoms with Crippen LogP contribution >= 0.6 is 0 Å². The molecule has 0 spiro atoms. The summed E-state index contributed by atoms with van der Waals surface area (Å²) in [6.07, 6.45) is 1.06. The van der Waals surface area contributed by atoms with Crippen LogP contribution < -0.4 is 15.2 Å². The highest BCUT2D eigenvalue weighted by atomic mass is 16.6. The monoisotopic (exact) mass is 253 g/mol. The van der Waals surface area contributed by atoms with Crippen LogP contribution in [0, 0.1) is 15.5 Å². The van der Waals surface area contributed by atoms with Crippen LogP contribution in [0.4, 0.5) is 5.69 Å². The molecule has 0 fully saturated rings. The summed E-state index contributed by atoms with van der Waals surface area (Å²) in [4.78, 5) is 10.1. The second-order valence-corrected chi connectivity index (χ2v) is 3.57. The Labute approximate surface area is 104 Å². The van der Waals surface area contributed by atoms with Gasteiger partial charge in [0.05, 0.1) is 30.5 Å². The Bertz CT molecular complexity index is 448. The molecule has 0 aliphatic carbocycles. The van der Waals surface area contributed by atoms with Crippen LogP contribution in [-0.4, -0.2) is 24.5 Å². The molecule has 0 heterocycles. The van der Waals surface area contributed by atoms with Gasteiger partial charge in [0.25, 0.3) is 5.69 Å². The molecule has 0 aliphatic heterocycles. The van der Waals surface area contributed by atoms with Gasteiger partial charge in [0.2, 0.25) is 0 Å². The lowest BCUT2D eigenvalue weighted by Crippen LogP contribution is -2.11. The fraction of sp³-hybridized carbons (Fsp3) is 0.364. The van der Waals surface area contributed by atoms with Gasteiger partial charge in [0.15, 0.2) is 11.5 Å². The fourth-order valence-electron chi connectivity index (χ4n) is 1.33. The van der Waals surface area contributed by atoms with Crippen molar-refractivity contribution in [1.29, 1.82) is 5.41 Å². The zero-order valence-electron chi connectivity index (χ0n) is 10.0. The van der Waals surface area contributed by atoms with Gasteiger partial charge in [-0.25, -0.2) is 0 Å². The lowest BCUT2D eigenvalue weighted by molar-refractivity contribution is -0.384. The summed E-state index contributed by atoms with van der Waals surface area (Å²) in [5, 5.41) is 17.6. The van der Waals surface area contributed by atoms with Gasteiger partial charge in [-0.05, 0) is 12.5 Å². The molecule has 7 heteroatoms. The lowest BCUT2D eigenvalue weighted by Gasteiger charge is -2.10. The summed E-state index contributed by atoms with van der Waals surface area (Å²) in [7, 11) is 1.42. The topological polar surface area (TPSA) is 111 Å². The second-order valence-electron chi connectivity index (χ2n) is 3.57. The Balaban J connectivity index is 2.65. The van der Waals surface area contributed by atoms with E-state index in [1.807, 2.05) is 0 Å². The van der Waals surface area contributed by atoms with E-state index in [2.05, 4.69) is 0 Å². The van der Waals surface area contributed by atoms with Crippen molar-refractivity contribution in [2.45, 2.75) is 12.8 Å². The number of benzene rings is 1. The smallest absolute Gasteiger partial charge is 0.273 e. The minimum Gasteiger partial charge on any atom is -0.493 e. The van der Waals surface area contributed by atoms with E-state index in [9.17, 15) is 10.1 Å². The van der Waals surface area contributed by atoms with Crippen LogP contribution in [-0.2, 0) is 0 Å². The molecule has 0 saturated carbocycles. The van der Waals surface area contributed by atoms with Crippen LogP contribution in [0.3, 0.4) is 0 Å². The summed E-state index contributed by atoms with van der Waals surface area (Å²) in [6.45, 7) is 0.369. The van der Waals surface area contributed by atoms with Gasteiger partial charge in [-0.2, -0.15) is 0 Å². The largest absolute Gasteiger partial charge is 0.493 e. The number of rotatable bonds is 7. The third kappa shape index (κ3) is 3.93. The molecule has 0 atom stereocenters. The summed E-state index contributed by atoms with van der Waals surface area (Å²) in [5.41, 5.74) is 5.16. The molecule has 18 heavy (non-hydrogen) atoms. The molecule has 98 valence electrons. The number of nitrogens with one attached hydrogen (secondary N) is 1. The number of amidine groups is 1. The van der Waals surface area contributed by atoms with Gasteiger partial charge in [0, 0.05) is 12.5 Å². The standard InChI is InChI=1S/C11H15N3O4/c1-17-10-7-8(14(15)16)4-5-9(10)18-6-2-3-11(12)13/h4-5,7H,2-3,6H2,1H3,(H3,12,13). The third-order valence-corrected chi connectivity index (χ3v) is 2.21. The quantitative estimate of drug-likeness (QED) is 0.252. The van der Waals surface area contributed by atoms with Gasteiger partial charge in [-0.3, -0.25) is 15.5 Å². The van der Waals surface area contributed by atoms with Gasteiger partial charge < -0.3 is 15.2 Å². The van der Waals surface area contributed by atoms with Crippen molar-refractivity contribution in [1.82, 2.24) is 0 Å². The van der Waals surface area contributed by atoms with E-state index in [1.165, 1.54) is 25.3 Å². The number of ether oxygens (including phenoxy) is 2. The van der Waals surface area contributed by atoms with Gasteiger partial charge in [-0.1, -0.05) is 0 Å². The number of non-ortho nitro benzene ring substituents is 1. The van der Waals surface area contributed by atoms with Crippen molar-refractivity contribution in [3.05, 3.63) is 28.3 Å². The first-order valence-corrected chi connectivity index (χ1v) is 5.32. The second kappa shape index (κ2) is 6.43. The Hall–Kier alpha value is -2.31. The summed E-state index contributed by atoms with van der Waals surface area (Å²) in [6, 6.07) is 4.15. The van der Waals surface area contributed by atoms with Crippen LogP contribution in [0.15, 0.2) is 18.2 Å². The Morgan fingerprint density at radius 1 is 1.50 bits per heavy atom. The van der Waals surface area contributed by atoms with Crippen LogP contribution in [0.1, 0.15) is 12.8 Å². The summed E-state index contributed by atoms with van der Waals surface area (Å²) in [5.74, 6) is 0.855. The van der Waals surface area contributed by atoms with E-state index in [0.29, 0.717) is 30.9 Å². The van der Waals surface area contributed by atoms with Gasteiger partial charge in [0.1, 0.15) is 0 Å². The number of nitrogens with two attached hydrogens (primary N) is 1. The normalized spacial score (nSPS) is 9.83. The van der Waals surface area contributed by atoms with Crippen molar-refractivity contribution >= 4 is 11.5 Å².